The van der Waals surface area contributed by atoms with Crippen molar-refractivity contribution >= 4 is 12.4 Å². The summed E-state index contributed by atoms with van der Waals surface area (Å²) < 4.78 is 42.5. The van der Waals surface area contributed by atoms with Crippen LogP contribution in [0.1, 0.15) is 11.4 Å². The normalized spacial score (nSPS) is 21.2. The van der Waals surface area contributed by atoms with Crippen LogP contribution in [0.5, 0.6) is 0 Å². The van der Waals surface area contributed by atoms with Crippen LogP contribution in [0.4, 0.5) is 13.2 Å². The van der Waals surface area contributed by atoms with E-state index in [-0.39, 0.29) is 18.5 Å². The molecule has 2 heterocycles. The molecule has 5 nitrogen and oxygen atoms in total. The van der Waals surface area contributed by atoms with E-state index in [1.807, 2.05) is 4.90 Å². The maximum Gasteiger partial charge on any atom is 0.435 e. The van der Waals surface area contributed by atoms with E-state index < -0.39 is 11.9 Å². The molecule has 110 valence electrons. The van der Waals surface area contributed by atoms with Gasteiger partial charge < -0.3 is 10.5 Å². The number of nitrogens with zero attached hydrogens (tertiary/aromatic N) is 2. The van der Waals surface area contributed by atoms with Crippen molar-refractivity contribution < 1.29 is 17.9 Å². The quantitative estimate of drug-likeness (QED) is 0.874. The minimum Gasteiger partial charge on any atom is -0.374 e. The van der Waals surface area contributed by atoms with Crippen molar-refractivity contribution in [3.8, 4) is 0 Å². The molecule has 0 spiro atoms. The molecule has 19 heavy (non-hydrogen) atoms. The first-order valence-electron chi connectivity index (χ1n) is 5.64. The van der Waals surface area contributed by atoms with Crippen LogP contribution < -0.4 is 5.73 Å². The van der Waals surface area contributed by atoms with Crippen LogP contribution >= 0.6 is 12.4 Å². The lowest BCUT2D eigenvalue weighted by atomic mass is 10.2. The molecule has 1 aromatic rings. The number of H-pyrrole nitrogens is 1. The fraction of sp³-hybridized carbons (Fsp3) is 0.700. The van der Waals surface area contributed by atoms with Crippen LogP contribution in [0.15, 0.2) is 6.07 Å². The monoisotopic (exact) mass is 300 g/mol. The van der Waals surface area contributed by atoms with Crippen LogP contribution in [-0.4, -0.2) is 47.4 Å². The van der Waals surface area contributed by atoms with Crippen molar-refractivity contribution in [3.63, 3.8) is 0 Å². The van der Waals surface area contributed by atoms with Gasteiger partial charge in [-0.1, -0.05) is 0 Å². The number of alkyl halides is 3. The molecule has 0 radical (unpaired) electrons. The summed E-state index contributed by atoms with van der Waals surface area (Å²) in [4.78, 5) is 1.99. The van der Waals surface area contributed by atoms with Crippen molar-refractivity contribution in [1.82, 2.24) is 15.1 Å². The Morgan fingerprint density at radius 2 is 2.26 bits per heavy atom. The number of nitrogens with two attached hydrogens (primary N) is 1. The Morgan fingerprint density at radius 3 is 2.84 bits per heavy atom. The van der Waals surface area contributed by atoms with E-state index in [0.29, 0.717) is 38.5 Å². The third kappa shape index (κ3) is 4.34. The molecule has 0 aliphatic carbocycles. The molecule has 1 unspecified atom stereocenters. The van der Waals surface area contributed by atoms with Crippen LogP contribution in [0.2, 0.25) is 0 Å². The first kappa shape index (κ1) is 16.2. The van der Waals surface area contributed by atoms with Gasteiger partial charge in [0, 0.05) is 31.9 Å². The summed E-state index contributed by atoms with van der Waals surface area (Å²) in [5.41, 5.74) is 5.06. The highest BCUT2D eigenvalue weighted by molar-refractivity contribution is 5.85. The molecule has 1 fully saturated rings. The highest BCUT2D eigenvalue weighted by Gasteiger charge is 2.34. The minimum atomic E-state index is -4.40. The average Bonchev–Trinajstić information content (AvgIpc) is 2.77. The summed E-state index contributed by atoms with van der Waals surface area (Å²) in [5, 5.41) is 5.67. The molecule has 0 saturated carbocycles. The summed E-state index contributed by atoms with van der Waals surface area (Å²) in [5.74, 6) is 0. The van der Waals surface area contributed by atoms with Crippen molar-refractivity contribution in [2.75, 3.05) is 26.2 Å². The Morgan fingerprint density at radius 1 is 1.53 bits per heavy atom. The number of aromatic amines is 1. The fourth-order valence-electron chi connectivity index (χ4n) is 1.90. The number of halogens is 4. The summed E-state index contributed by atoms with van der Waals surface area (Å²) in [6.07, 6.45) is -4.46. The summed E-state index contributed by atoms with van der Waals surface area (Å²) >= 11 is 0. The second kappa shape index (κ2) is 6.56. The largest absolute Gasteiger partial charge is 0.435 e. The number of hydrogen-bond acceptors (Lipinski definition) is 4. The van der Waals surface area contributed by atoms with Gasteiger partial charge in [0.15, 0.2) is 5.69 Å². The highest BCUT2D eigenvalue weighted by atomic mass is 35.5. The number of ether oxygens (including phenoxy) is 1. The van der Waals surface area contributed by atoms with E-state index in [1.165, 1.54) is 0 Å². The molecule has 0 aromatic carbocycles. The van der Waals surface area contributed by atoms with Gasteiger partial charge in [-0.2, -0.15) is 18.3 Å². The Labute approximate surface area is 114 Å². The highest BCUT2D eigenvalue weighted by Crippen LogP contribution is 2.27. The SMILES string of the molecule is Cl.NCC1CN(Cc2cc(C(F)(F)F)n[nH]2)CCO1. The molecule has 9 heteroatoms. The van der Waals surface area contributed by atoms with E-state index in [1.54, 1.807) is 0 Å². The Balaban J connectivity index is 0.00000180. The zero-order chi connectivity index (χ0) is 13.2. The van der Waals surface area contributed by atoms with E-state index in [0.717, 1.165) is 6.07 Å². The van der Waals surface area contributed by atoms with Crippen LogP contribution in [-0.2, 0) is 17.5 Å². The van der Waals surface area contributed by atoms with Crippen molar-refractivity contribution in [1.29, 1.82) is 0 Å². The van der Waals surface area contributed by atoms with Gasteiger partial charge in [0.25, 0.3) is 0 Å². The summed E-state index contributed by atoms with van der Waals surface area (Å²) in [7, 11) is 0. The number of rotatable bonds is 3. The third-order valence-corrected chi connectivity index (χ3v) is 2.80. The first-order valence-corrected chi connectivity index (χ1v) is 5.64. The Hall–Kier alpha value is -0.830. The van der Waals surface area contributed by atoms with E-state index >= 15 is 0 Å². The molecule has 2 rings (SSSR count). The Kier molecular flexibility index (Phi) is 5.60. The lowest BCUT2D eigenvalue weighted by molar-refractivity contribution is -0.141. The van der Waals surface area contributed by atoms with E-state index in [9.17, 15) is 13.2 Å². The second-order valence-electron chi connectivity index (χ2n) is 4.24. The molecule has 1 aliphatic heterocycles. The van der Waals surface area contributed by atoms with Crippen molar-refractivity contribution in [3.05, 3.63) is 17.5 Å². The van der Waals surface area contributed by atoms with Crippen LogP contribution in [0, 0.1) is 0 Å². The van der Waals surface area contributed by atoms with Crippen molar-refractivity contribution in [2.24, 2.45) is 5.73 Å². The molecular weight excluding hydrogens is 285 g/mol. The second-order valence-corrected chi connectivity index (χ2v) is 4.24. The lowest BCUT2D eigenvalue weighted by Gasteiger charge is -2.31. The average molecular weight is 301 g/mol. The fourth-order valence-corrected chi connectivity index (χ4v) is 1.90. The van der Waals surface area contributed by atoms with Gasteiger partial charge in [-0.15, -0.1) is 12.4 Å². The van der Waals surface area contributed by atoms with Gasteiger partial charge in [0.1, 0.15) is 0 Å². The molecule has 3 N–H and O–H groups in total. The molecule has 1 aromatic heterocycles. The topological polar surface area (TPSA) is 67.2 Å². The summed E-state index contributed by atoms with van der Waals surface area (Å²) in [6, 6.07) is 1.03. The van der Waals surface area contributed by atoms with Crippen LogP contribution in [0.3, 0.4) is 0 Å². The van der Waals surface area contributed by atoms with Gasteiger partial charge >= 0.3 is 6.18 Å². The third-order valence-electron chi connectivity index (χ3n) is 2.80. The number of hydrogen-bond donors (Lipinski definition) is 2. The predicted octanol–water partition coefficient (Wildman–Crippen LogP) is 1.01. The molecule has 1 atom stereocenters. The zero-order valence-corrected chi connectivity index (χ0v) is 10.9. The smallest absolute Gasteiger partial charge is 0.374 e. The zero-order valence-electron chi connectivity index (χ0n) is 10.1. The number of nitrogens with one attached hydrogen (secondary N) is 1. The minimum absolute atomic E-state index is 0. The number of aromatic nitrogens is 2. The molecule has 1 saturated heterocycles. The maximum absolute atomic E-state index is 12.4. The van der Waals surface area contributed by atoms with Gasteiger partial charge in [-0.05, 0) is 6.07 Å². The Bertz CT molecular complexity index is 398. The molecule has 0 bridgehead atoms. The van der Waals surface area contributed by atoms with Gasteiger partial charge in [0.05, 0.1) is 12.7 Å². The van der Waals surface area contributed by atoms with Crippen molar-refractivity contribution in [2.45, 2.75) is 18.8 Å². The summed E-state index contributed by atoms with van der Waals surface area (Å²) in [6.45, 7) is 2.64. The predicted molar refractivity (Wildman–Crippen MR) is 64.9 cm³/mol. The van der Waals surface area contributed by atoms with E-state index in [2.05, 4.69) is 10.2 Å². The first-order chi connectivity index (χ1) is 8.49. The molecular formula is C10H16ClF3N4O. The van der Waals surface area contributed by atoms with Gasteiger partial charge in [-0.3, -0.25) is 10.00 Å². The van der Waals surface area contributed by atoms with E-state index in [4.69, 9.17) is 10.5 Å². The molecule has 0 amide bonds. The van der Waals surface area contributed by atoms with Gasteiger partial charge in [0.2, 0.25) is 0 Å². The number of morpholine rings is 1. The van der Waals surface area contributed by atoms with Crippen LogP contribution in [0.25, 0.3) is 0 Å². The van der Waals surface area contributed by atoms with Gasteiger partial charge in [-0.25, -0.2) is 0 Å². The lowest BCUT2D eigenvalue weighted by Crippen LogP contribution is -2.45. The molecule has 1 aliphatic rings. The maximum atomic E-state index is 12.4. The standard InChI is InChI=1S/C10H15F3N4O.ClH/c11-10(12,13)9-3-7(15-16-9)5-17-1-2-18-8(4-14)6-17;/h3,8H,1-2,4-6,14H2,(H,15,16);1H.